The van der Waals surface area contributed by atoms with Crippen LogP contribution in [0.5, 0.6) is 0 Å². The largest absolute Gasteiger partial charge is 0.385 e. The Morgan fingerprint density at radius 3 is 3.09 bits per heavy atom. The maximum Gasteiger partial charge on any atom is 0.138 e. The normalized spacial score (nSPS) is 17.6. The van der Waals surface area contributed by atoms with Crippen molar-refractivity contribution in [2.24, 2.45) is 0 Å². The molecule has 0 saturated carbocycles. The van der Waals surface area contributed by atoms with Crippen molar-refractivity contribution in [3.63, 3.8) is 0 Å². The standard InChI is InChI=1S/C18H21N5/c1-22(15-7-2-5-13-6-4-10-20-18(13)15)11-14-12-23-16(19)8-3-9-17(23)21-14/h3-4,6,8-10,12,15H,2,5,7,11,19H2,1H3. The Balaban J connectivity index is 1.60. The van der Waals surface area contributed by atoms with E-state index in [9.17, 15) is 0 Å². The lowest BCUT2D eigenvalue weighted by molar-refractivity contribution is 0.206. The van der Waals surface area contributed by atoms with E-state index >= 15 is 0 Å². The molecule has 0 bridgehead atoms. The quantitative estimate of drug-likeness (QED) is 0.808. The zero-order valence-electron chi connectivity index (χ0n) is 13.3. The van der Waals surface area contributed by atoms with Crippen molar-refractivity contribution in [2.75, 3.05) is 12.8 Å². The number of aromatic nitrogens is 3. The van der Waals surface area contributed by atoms with Gasteiger partial charge in [-0.25, -0.2) is 4.98 Å². The summed E-state index contributed by atoms with van der Waals surface area (Å²) < 4.78 is 1.94. The van der Waals surface area contributed by atoms with Gasteiger partial charge in [0.15, 0.2) is 0 Å². The summed E-state index contributed by atoms with van der Waals surface area (Å²) in [4.78, 5) is 11.7. The number of nitrogens with two attached hydrogens (primary N) is 1. The number of hydrogen-bond acceptors (Lipinski definition) is 4. The lowest BCUT2D eigenvalue weighted by atomic mass is 9.91. The fourth-order valence-electron chi connectivity index (χ4n) is 3.54. The fourth-order valence-corrected chi connectivity index (χ4v) is 3.54. The highest BCUT2D eigenvalue weighted by Gasteiger charge is 2.25. The van der Waals surface area contributed by atoms with E-state index in [1.54, 1.807) is 0 Å². The van der Waals surface area contributed by atoms with Crippen LogP contribution >= 0.6 is 0 Å². The van der Waals surface area contributed by atoms with Gasteiger partial charge in [-0.1, -0.05) is 12.1 Å². The third-order valence-electron chi connectivity index (χ3n) is 4.68. The van der Waals surface area contributed by atoms with Gasteiger partial charge in [-0.2, -0.15) is 0 Å². The molecule has 3 heterocycles. The van der Waals surface area contributed by atoms with Crippen molar-refractivity contribution >= 4 is 11.5 Å². The van der Waals surface area contributed by atoms with Crippen LogP contribution in [0.1, 0.15) is 35.8 Å². The van der Waals surface area contributed by atoms with E-state index in [1.807, 2.05) is 41.1 Å². The number of pyridine rings is 2. The van der Waals surface area contributed by atoms with Crippen molar-refractivity contribution < 1.29 is 0 Å². The lowest BCUT2D eigenvalue weighted by Gasteiger charge is -2.31. The highest BCUT2D eigenvalue weighted by molar-refractivity contribution is 5.48. The SMILES string of the molecule is CN(Cc1cn2c(N)cccc2n1)C1CCCc2cccnc21. The third-order valence-corrected chi connectivity index (χ3v) is 4.68. The minimum atomic E-state index is 0.363. The minimum Gasteiger partial charge on any atom is -0.385 e. The molecule has 0 saturated heterocycles. The zero-order valence-corrected chi connectivity index (χ0v) is 13.3. The zero-order chi connectivity index (χ0) is 15.8. The van der Waals surface area contributed by atoms with Crippen molar-refractivity contribution in [3.8, 4) is 0 Å². The molecule has 3 aromatic heterocycles. The number of aryl methyl sites for hydroxylation is 1. The van der Waals surface area contributed by atoms with Gasteiger partial charge in [0.25, 0.3) is 0 Å². The summed E-state index contributed by atoms with van der Waals surface area (Å²) in [6.45, 7) is 0.793. The van der Waals surface area contributed by atoms with Gasteiger partial charge >= 0.3 is 0 Å². The van der Waals surface area contributed by atoms with Gasteiger partial charge in [-0.05, 0) is 50.1 Å². The van der Waals surface area contributed by atoms with E-state index in [0.717, 1.165) is 30.7 Å². The van der Waals surface area contributed by atoms with E-state index in [2.05, 4.69) is 28.0 Å². The van der Waals surface area contributed by atoms with Crippen LogP contribution in [0.3, 0.4) is 0 Å². The average molecular weight is 307 g/mol. The average Bonchev–Trinajstić information content (AvgIpc) is 2.98. The van der Waals surface area contributed by atoms with Gasteiger partial charge in [0.05, 0.1) is 17.4 Å². The minimum absolute atomic E-state index is 0.363. The summed E-state index contributed by atoms with van der Waals surface area (Å²) in [5.41, 5.74) is 10.6. The number of rotatable bonds is 3. The van der Waals surface area contributed by atoms with E-state index in [4.69, 9.17) is 5.73 Å². The number of nitrogen functional groups attached to an aromatic ring is 1. The van der Waals surface area contributed by atoms with Crippen molar-refractivity contribution in [2.45, 2.75) is 31.8 Å². The predicted octanol–water partition coefficient (Wildman–Crippen LogP) is 2.82. The van der Waals surface area contributed by atoms with Gasteiger partial charge in [-0.3, -0.25) is 14.3 Å². The van der Waals surface area contributed by atoms with Crippen LogP contribution in [-0.4, -0.2) is 26.3 Å². The van der Waals surface area contributed by atoms with Crippen LogP contribution in [0.15, 0.2) is 42.7 Å². The second kappa shape index (κ2) is 5.66. The first-order valence-electron chi connectivity index (χ1n) is 8.09. The molecule has 1 atom stereocenters. The van der Waals surface area contributed by atoms with Gasteiger partial charge < -0.3 is 5.73 Å². The van der Waals surface area contributed by atoms with Crippen molar-refractivity contribution in [1.82, 2.24) is 19.3 Å². The van der Waals surface area contributed by atoms with Crippen LogP contribution in [0.2, 0.25) is 0 Å². The molecule has 0 aliphatic heterocycles. The molecule has 0 radical (unpaired) electrons. The fraction of sp³-hybridized carbons (Fsp3) is 0.333. The molecule has 2 N–H and O–H groups in total. The Morgan fingerprint density at radius 2 is 2.22 bits per heavy atom. The molecule has 5 heteroatoms. The molecule has 0 fully saturated rings. The molecule has 23 heavy (non-hydrogen) atoms. The maximum atomic E-state index is 6.01. The number of imidazole rings is 1. The molecule has 1 unspecified atom stereocenters. The van der Waals surface area contributed by atoms with Gasteiger partial charge in [-0.15, -0.1) is 0 Å². The van der Waals surface area contributed by atoms with Gasteiger partial charge in [0.2, 0.25) is 0 Å². The highest BCUT2D eigenvalue weighted by atomic mass is 15.2. The molecule has 3 aromatic rings. The monoisotopic (exact) mass is 307 g/mol. The topological polar surface area (TPSA) is 59.5 Å². The Bertz CT molecular complexity index is 838. The molecule has 118 valence electrons. The number of nitrogens with zero attached hydrogens (tertiary/aromatic N) is 4. The van der Waals surface area contributed by atoms with E-state index in [1.165, 1.54) is 17.7 Å². The number of hydrogen-bond donors (Lipinski definition) is 1. The second-order valence-corrected chi connectivity index (χ2v) is 6.28. The van der Waals surface area contributed by atoms with Crippen LogP contribution < -0.4 is 5.73 Å². The molecule has 5 nitrogen and oxygen atoms in total. The third kappa shape index (κ3) is 2.57. The first-order valence-corrected chi connectivity index (χ1v) is 8.09. The van der Waals surface area contributed by atoms with Gasteiger partial charge in [0.1, 0.15) is 11.5 Å². The number of anilines is 1. The Hall–Kier alpha value is -2.40. The summed E-state index contributed by atoms with van der Waals surface area (Å²) in [5, 5.41) is 0. The Morgan fingerprint density at radius 1 is 1.30 bits per heavy atom. The highest BCUT2D eigenvalue weighted by Crippen LogP contribution is 2.32. The van der Waals surface area contributed by atoms with Crippen LogP contribution in [0.25, 0.3) is 5.65 Å². The number of fused-ring (bicyclic) bond motifs is 2. The predicted molar refractivity (Wildman–Crippen MR) is 91.0 cm³/mol. The molecule has 1 aliphatic carbocycles. The van der Waals surface area contributed by atoms with E-state index < -0.39 is 0 Å². The summed E-state index contributed by atoms with van der Waals surface area (Å²) in [6, 6.07) is 10.4. The molecule has 0 amide bonds. The second-order valence-electron chi connectivity index (χ2n) is 6.28. The summed E-state index contributed by atoms with van der Waals surface area (Å²) in [5.74, 6) is 0.716. The first-order chi connectivity index (χ1) is 11.2. The van der Waals surface area contributed by atoms with E-state index in [0.29, 0.717) is 11.9 Å². The van der Waals surface area contributed by atoms with Crippen molar-refractivity contribution in [3.05, 3.63) is 59.7 Å². The Labute approximate surface area is 135 Å². The molecule has 1 aliphatic rings. The van der Waals surface area contributed by atoms with Crippen LogP contribution in [0, 0.1) is 0 Å². The molecular formula is C18H21N5. The van der Waals surface area contributed by atoms with Crippen LogP contribution in [0.4, 0.5) is 5.82 Å². The van der Waals surface area contributed by atoms with Gasteiger partial charge in [0, 0.05) is 18.9 Å². The summed E-state index contributed by atoms with van der Waals surface area (Å²) in [6.07, 6.45) is 7.43. The molecule has 0 spiro atoms. The van der Waals surface area contributed by atoms with E-state index in [-0.39, 0.29) is 0 Å². The Kier molecular flexibility index (Phi) is 3.50. The molecular weight excluding hydrogens is 286 g/mol. The maximum absolute atomic E-state index is 6.01. The smallest absolute Gasteiger partial charge is 0.138 e. The molecule has 4 rings (SSSR count). The first kappa shape index (κ1) is 14.2. The molecule has 0 aromatic carbocycles. The summed E-state index contributed by atoms with van der Waals surface area (Å²) in [7, 11) is 2.15. The summed E-state index contributed by atoms with van der Waals surface area (Å²) >= 11 is 0. The van der Waals surface area contributed by atoms with Crippen LogP contribution in [-0.2, 0) is 13.0 Å². The van der Waals surface area contributed by atoms with Crippen molar-refractivity contribution in [1.29, 1.82) is 0 Å². The lowest BCUT2D eigenvalue weighted by Crippen LogP contribution is -2.28.